The monoisotopic (exact) mass is 684 g/mol. The number of unbranched alkanes of at least 4 members (excludes halogenated alkanes) is 12. The third kappa shape index (κ3) is 27.5. The Kier molecular flexibility index (Phi) is 27.6. The second kappa shape index (κ2) is 28.4. The van der Waals surface area contributed by atoms with Crippen LogP contribution in [-0.2, 0) is 19.0 Å². The van der Waals surface area contributed by atoms with E-state index in [1.807, 2.05) is 53.7 Å². The highest BCUT2D eigenvalue weighted by Gasteiger charge is 2.34. The van der Waals surface area contributed by atoms with E-state index in [9.17, 15) is 20.1 Å². The van der Waals surface area contributed by atoms with Gasteiger partial charge in [-0.25, -0.2) is 0 Å². The van der Waals surface area contributed by atoms with E-state index >= 15 is 0 Å². The first-order chi connectivity index (χ1) is 22.7. The van der Waals surface area contributed by atoms with Gasteiger partial charge in [0.1, 0.15) is 18.3 Å². The van der Waals surface area contributed by atoms with Gasteiger partial charge in [0.05, 0.1) is 43.2 Å². The molecule has 0 bridgehead atoms. The van der Waals surface area contributed by atoms with Gasteiger partial charge < -0.3 is 34.8 Å². The molecule has 0 saturated heterocycles. The third-order valence-corrected chi connectivity index (χ3v) is 8.03. The highest BCUT2D eigenvalue weighted by molar-refractivity contribution is 5.77. The molecule has 0 rings (SSSR count). The predicted octanol–water partition coefficient (Wildman–Crippen LogP) is 8.35. The van der Waals surface area contributed by atoms with Gasteiger partial charge in [0.15, 0.2) is 0 Å². The normalized spacial score (nSPS) is 16.0. The van der Waals surface area contributed by atoms with Crippen LogP contribution in [0.25, 0.3) is 0 Å². The fourth-order valence-electron chi connectivity index (χ4n) is 5.54. The predicted molar refractivity (Wildman–Crippen MR) is 199 cm³/mol. The van der Waals surface area contributed by atoms with E-state index in [-0.39, 0.29) is 32.1 Å². The Bertz CT molecular complexity index is 817. The summed E-state index contributed by atoms with van der Waals surface area (Å²) in [4.78, 5) is 13.1. The smallest absolute Gasteiger partial charge is 0.224 e. The number of rotatable bonds is 30. The van der Waals surface area contributed by atoms with Gasteiger partial charge >= 0.3 is 0 Å². The van der Waals surface area contributed by atoms with E-state index in [1.165, 1.54) is 57.8 Å². The summed E-state index contributed by atoms with van der Waals surface area (Å²) in [5.41, 5.74) is -1.12. The van der Waals surface area contributed by atoms with Crippen molar-refractivity contribution in [2.24, 2.45) is 0 Å². The van der Waals surface area contributed by atoms with Crippen LogP contribution in [0.5, 0.6) is 0 Å². The quantitative estimate of drug-likeness (QED) is 0.0444. The molecule has 1 amide bonds. The Labute approximate surface area is 295 Å². The molecule has 4 N–H and O–H groups in total. The topological polar surface area (TPSA) is 117 Å². The summed E-state index contributed by atoms with van der Waals surface area (Å²) in [6.07, 6.45) is 23.3. The first-order valence-corrected chi connectivity index (χ1v) is 19.2. The summed E-state index contributed by atoms with van der Waals surface area (Å²) >= 11 is 0. The molecule has 0 radical (unpaired) electrons. The van der Waals surface area contributed by atoms with Crippen molar-refractivity contribution in [2.45, 2.75) is 206 Å². The number of carbonyl (C=O) groups is 1. The van der Waals surface area contributed by atoms with Gasteiger partial charge in [0, 0.05) is 6.42 Å². The number of carbonyl (C=O) groups excluding carboxylic acids is 1. The Morgan fingerprint density at radius 3 is 1.75 bits per heavy atom. The molecule has 0 aliphatic heterocycles. The zero-order valence-corrected chi connectivity index (χ0v) is 32.3. The van der Waals surface area contributed by atoms with Gasteiger partial charge in [-0.2, -0.15) is 0 Å². The van der Waals surface area contributed by atoms with Crippen LogP contribution in [0, 0.1) is 0 Å². The number of aliphatic hydroxyl groups excluding tert-OH is 3. The highest BCUT2D eigenvalue weighted by atomic mass is 16.5. The minimum Gasteiger partial charge on any atom is -0.394 e. The van der Waals surface area contributed by atoms with Crippen LogP contribution < -0.4 is 5.32 Å². The minimum absolute atomic E-state index is 0.0240. The van der Waals surface area contributed by atoms with Crippen molar-refractivity contribution in [3.63, 3.8) is 0 Å². The minimum atomic E-state index is -1.07. The number of amides is 1. The van der Waals surface area contributed by atoms with E-state index in [2.05, 4.69) is 31.3 Å². The Hall–Kier alpha value is -1.29. The van der Waals surface area contributed by atoms with Crippen LogP contribution in [0.2, 0.25) is 0 Å². The molecule has 5 atom stereocenters. The van der Waals surface area contributed by atoms with Crippen molar-refractivity contribution in [2.75, 3.05) is 19.8 Å². The molecule has 0 saturated carbocycles. The fraction of sp³-hybridized carbons (Fsp3) is 0.875. The molecule has 284 valence electrons. The van der Waals surface area contributed by atoms with E-state index in [4.69, 9.17) is 14.2 Å². The zero-order valence-electron chi connectivity index (χ0n) is 32.3. The first-order valence-electron chi connectivity index (χ1n) is 19.2. The number of aliphatic hydroxyl groups is 3. The van der Waals surface area contributed by atoms with Crippen LogP contribution >= 0.6 is 0 Å². The molecule has 0 aromatic carbocycles. The Morgan fingerprint density at radius 1 is 0.688 bits per heavy atom. The summed E-state index contributed by atoms with van der Waals surface area (Å²) in [5, 5.41) is 35.0. The van der Waals surface area contributed by atoms with Gasteiger partial charge in [0.25, 0.3) is 0 Å². The molecule has 0 aromatic rings. The molecular formula is C40H77NO7. The molecule has 0 aliphatic carbocycles. The van der Waals surface area contributed by atoms with Crippen molar-refractivity contribution < 1.29 is 34.3 Å². The van der Waals surface area contributed by atoms with E-state index in [0.29, 0.717) is 6.42 Å². The summed E-state index contributed by atoms with van der Waals surface area (Å²) in [5.74, 6) is -0.192. The molecule has 0 spiro atoms. The highest BCUT2D eigenvalue weighted by Crippen LogP contribution is 2.22. The van der Waals surface area contributed by atoms with Crippen LogP contribution in [-0.4, -0.2) is 82.7 Å². The van der Waals surface area contributed by atoms with E-state index in [1.54, 1.807) is 0 Å². The van der Waals surface area contributed by atoms with Crippen molar-refractivity contribution in [1.82, 2.24) is 5.32 Å². The van der Waals surface area contributed by atoms with Crippen molar-refractivity contribution >= 4 is 5.91 Å². The molecule has 0 unspecified atom stereocenters. The molecule has 8 nitrogen and oxygen atoms in total. The molecule has 0 fully saturated rings. The number of hydrogen-bond acceptors (Lipinski definition) is 7. The first kappa shape index (κ1) is 46.7. The van der Waals surface area contributed by atoms with Crippen molar-refractivity contribution in [3.05, 3.63) is 24.3 Å². The molecule has 0 aliphatic rings. The van der Waals surface area contributed by atoms with Gasteiger partial charge in [0.2, 0.25) is 5.91 Å². The maximum atomic E-state index is 13.1. The number of allylic oxidation sites excluding steroid dienone is 3. The summed E-state index contributed by atoms with van der Waals surface area (Å²) in [6.45, 7) is 15.3. The van der Waals surface area contributed by atoms with Gasteiger partial charge in [-0.05, 0) is 60.8 Å². The summed E-state index contributed by atoms with van der Waals surface area (Å²) in [7, 11) is 0. The second-order valence-electron chi connectivity index (χ2n) is 15.3. The maximum absolute atomic E-state index is 13.1. The van der Waals surface area contributed by atoms with E-state index < -0.39 is 41.7 Å². The summed E-state index contributed by atoms with van der Waals surface area (Å²) in [6, 6.07) is -0.648. The number of hydrogen-bond donors (Lipinski definition) is 4. The Balaban J connectivity index is 5.32. The lowest BCUT2D eigenvalue weighted by atomic mass is 9.98. The SMILES string of the molecule is CCCC=CCC=CCC(=O)N[C@@H](COC[C@H](O)[C@H](CO)OC(C)(C)C)[C@H](OC(C)(C)C)[C@H](O)CCCCCCCCCCCCCC. The van der Waals surface area contributed by atoms with Crippen molar-refractivity contribution in [3.8, 4) is 0 Å². The second-order valence-corrected chi connectivity index (χ2v) is 15.3. The fourth-order valence-corrected chi connectivity index (χ4v) is 5.54. The lowest BCUT2D eigenvalue weighted by Gasteiger charge is -2.37. The average molecular weight is 684 g/mol. The van der Waals surface area contributed by atoms with Gasteiger partial charge in [-0.3, -0.25) is 4.79 Å². The number of nitrogens with one attached hydrogen (secondary N) is 1. The lowest BCUT2D eigenvalue weighted by molar-refractivity contribution is -0.155. The maximum Gasteiger partial charge on any atom is 0.224 e. The van der Waals surface area contributed by atoms with Crippen LogP contribution in [0.3, 0.4) is 0 Å². The molecule has 0 heterocycles. The molecule has 8 heteroatoms. The van der Waals surface area contributed by atoms with E-state index in [0.717, 1.165) is 38.5 Å². The standard InChI is InChI=1S/C40H77NO7/c1-9-11-13-15-17-18-19-20-21-23-24-26-28-34(43)38(48-40(6,7)8)33(41-37(45)29-27-25-22-16-14-12-10-2)31-46-32-35(44)36(30-42)47-39(3,4)5/h14,16,25,27,33-36,38,42-44H,9-13,15,17-24,26,28-32H2,1-8H3,(H,41,45)/t33-,34+,35-,36-,38-/m0/s1. The third-order valence-electron chi connectivity index (χ3n) is 8.03. The molecule has 0 aromatic heterocycles. The number of ether oxygens (including phenoxy) is 3. The Morgan fingerprint density at radius 2 is 1.23 bits per heavy atom. The molecule has 48 heavy (non-hydrogen) atoms. The van der Waals surface area contributed by atoms with Gasteiger partial charge in [-0.15, -0.1) is 0 Å². The van der Waals surface area contributed by atoms with Crippen molar-refractivity contribution in [1.29, 1.82) is 0 Å². The lowest BCUT2D eigenvalue weighted by Crippen LogP contribution is -2.54. The summed E-state index contributed by atoms with van der Waals surface area (Å²) < 4.78 is 18.1. The van der Waals surface area contributed by atoms with Gasteiger partial charge in [-0.1, -0.05) is 122 Å². The average Bonchev–Trinajstić information content (AvgIpc) is 3.01. The largest absolute Gasteiger partial charge is 0.394 e. The zero-order chi connectivity index (χ0) is 36.3. The van der Waals surface area contributed by atoms with Crippen LogP contribution in [0.4, 0.5) is 0 Å². The van der Waals surface area contributed by atoms with Crippen LogP contribution in [0.15, 0.2) is 24.3 Å². The van der Waals surface area contributed by atoms with Crippen LogP contribution in [0.1, 0.15) is 165 Å². The molecular weight excluding hydrogens is 606 g/mol.